The number of esters is 1. The standard InChI is InChI=1S/C20H20N2O5S/c1-25-15-8-7-12(9-16(15)26-2)19(24)27-11-13-10-18(23)22-14-5-3-4-6-17(14)28-20(22)21-13/h7-10H,3-6,11H2,1-2H3. The highest BCUT2D eigenvalue weighted by atomic mass is 32.1. The van der Waals surface area contributed by atoms with Crippen molar-refractivity contribution in [3.05, 3.63) is 56.4 Å². The Bertz CT molecular complexity index is 1100. The van der Waals surface area contributed by atoms with Gasteiger partial charge in [0.1, 0.15) is 6.61 Å². The summed E-state index contributed by atoms with van der Waals surface area (Å²) in [6.45, 7) is -0.0680. The Morgan fingerprint density at radius 3 is 2.71 bits per heavy atom. The number of hydrogen-bond donors (Lipinski definition) is 0. The molecule has 8 heteroatoms. The molecule has 2 heterocycles. The van der Waals surface area contributed by atoms with Crippen molar-refractivity contribution in [2.75, 3.05) is 14.2 Å². The van der Waals surface area contributed by atoms with Crippen LogP contribution in [0.1, 0.15) is 39.5 Å². The van der Waals surface area contributed by atoms with Crippen LogP contribution in [0, 0.1) is 0 Å². The van der Waals surface area contributed by atoms with E-state index in [-0.39, 0.29) is 12.2 Å². The van der Waals surface area contributed by atoms with Crippen LogP contribution in [0.3, 0.4) is 0 Å². The number of carbonyl (C=O) groups excluding carboxylic acids is 1. The summed E-state index contributed by atoms with van der Waals surface area (Å²) in [4.78, 5) is 31.3. The van der Waals surface area contributed by atoms with Gasteiger partial charge in [-0.1, -0.05) is 0 Å². The smallest absolute Gasteiger partial charge is 0.338 e. The number of methoxy groups -OCH3 is 2. The van der Waals surface area contributed by atoms with Crippen LogP contribution < -0.4 is 15.0 Å². The molecule has 0 atom stereocenters. The van der Waals surface area contributed by atoms with E-state index in [2.05, 4.69) is 4.98 Å². The fourth-order valence-electron chi connectivity index (χ4n) is 3.40. The molecule has 0 saturated carbocycles. The summed E-state index contributed by atoms with van der Waals surface area (Å²) in [5.41, 5.74) is 1.73. The van der Waals surface area contributed by atoms with E-state index >= 15 is 0 Å². The Labute approximate surface area is 165 Å². The van der Waals surface area contributed by atoms with Crippen LogP contribution in [0.25, 0.3) is 4.96 Å². The highest BCUT2D eigenvalue weighted by Crippen LogP contribution is 2.29. The predicted molar refractivity (Wildman–Crippen MR) is 105 cm³/mol. The van der Waals surface area contributed by atoms with Gasteiger partial charge in [-0.3, -0.25) is 9.20 Å². The molecule has 0 fully saturated rings. The van der Waals surface area contributed by atoms with E-state index in [1.54, 1.807) is 33.9 Å². The third kappa shape index (κ3) is 3.35. The number of ether oxygens (including phenoxy) is 3. The molecule has 28 heavy (non-hydrogen) atoms. The summed E-state index contributed by atoms with van der Waals surface area (Å²) in [6.07, 6.45) is 4.14. The molecule has 0 radical (unpaired) electrons. The van der Waals surface area contributed by atoms with Crippen LogP contribution in [0.15, 0.2) is 29.1 Å². The lowest BCUT2D eigenvalue weighted by atomic mass is 10.0. The zero-order chi connectivity index (χ0) is 19.7. The molecule has 1 aliphatic carbocycles. The van der Waals surface area contributed by atoms with Gasteiger partial charge < -0.3 is 14.2 Å². The van der Waals surface area contributed by atoms with Gasteiger partial charge in [0, 0.05) is 16.6 Å². The monoisotopic (exact) mass is 400 g/mol. The Morgan fingerprint density at radius 2 is 1.93 bits per heavy atom. The molecular formula is C20H20N2O5S. The van der Waals surface area contributed by atoms with Gasteiger partial charge in [-0.15, -0.1) is 11.3 Å². The largest absolute Gasteiger partial charge is 0.493 e. The van der Waals surface area contributed by atoms with E-state index < -0.39 is 5.97 Å². The van der Waals surface area contributed by atoms with Crippen LogP contribution in [-0.4, -0.2) is 29.6 Å². The average Bonchev–Trinajstić information content (AvgIpc) is 3.10. The second-order valence-corrected chi connectivity index (χ2v) is 7.59. The van der Waals surface area contributed by atoms with Crippen molar-refractivity contribution in [2.24, 2.45) is 0 Å². The van der Waals surface area contributed by atoms with Crippen molar-refractivity contribution in [1.82, 2.24) is 9.38 Å². The number of carbonyl (C=O) groups is 1. The number of thiazole rings is 1. The zero-order valence-electron chi connectivity index (χ0n) is 15.7. The van der Waals surface area contributed by atoms with E-state index in [4.69, 9.17) is 14.2 Å². The fraction of sp³-hybridized carbons (Fsp3) is 0.350. The number of benzene rings is 1. The first-order valence-corrected chi connectivity index (χ1v) is 9.84. The summed E-state index contributed by atoms with van der Waals surface area (Å²) in [6, 6.07) is 6.24. The first kappa shape index (κ1) is 18.5. The molecule has 3 aromatic rings. The highest BCUT2D eigenvalue weighted by molar-refractivity contribution is 7.17. The summed E-state index contributed by atoms with van der Waals surface area (Å²) >= 11 is 1.55. The number of aryl methyl sites for hydroxylation is 2. The van der Waals surface area contributed by atoms with Crippen molar-refractivity contribution in [3.63, 3.8) is 0 Å². The minimum atomic E-state index is -0.520. The molecule has 0 spiro atoms. The lowest BCUT2D eigenvalue weighted by Crippen LogP contribution is -2.18. The maximum absolute atomic E-state index is 12.6. The third-order valence-electron chi connectivity index (χ3n) is 4.79. The highest BCUT2D eigenvalue weighted by Gasteiger charge is 2.19. The molecule has 7 nitrogen and oxygen atoms in total. The van der Waals surface area contributed by atoms with Gasteiger partial charge >= 0.3 is 5.97 Å². The SMILES string of the molecule is COc1ccc(C(=O)OCc2cc(=O)n3c4c(sc3n2)CCCC4)cc1OC. The molecule has 0 unspecified atom stereocenters. The summed E-state index contributed by atoms with van der Waals surface area (Å²) in [7, 11) is 3.03. The molecular weight excluding hydrogens is 380 g/mol. The first-order valence-electron chi connectivity index (χ1n) is 9.03. The van der Waals surface area contributed by atoms with E-state index in [1.807, 2.05) is 0 Å². The molecule has 0 bridgehead atoms. The molecule has 2 aromatic heterocycles. The van der Waals surface area contributed by atoms with Crippen molar-refractivity contribution < 1.29 is 19.0 Å². The molecule has 0 saturated heterocycles. The quantitative estimate of drug-likeness (QED) is 0.613. The maximum Gasteiger partial charge on any atom is 0.338 e. The third-order valence-corrected chi connectivity index (χ3v) is 5.93. The van der Waals surface area contributed by atoms with Gasteiger partial charge in [0.25, 0.3) is 5.56 Å². The number of rotatable bonds is 5. The van der Waals surface area contributed by atoms with E-state index in [0.717, 1.165) is 31.4 Å². The van der Waals surface area contributed by atoms with E-state index in [0.29, 0.717) is 27.7 Å². The lowest BCUT2D eigenvalue weighted by Gasteiger charge is -2.10. The number of aromatic nitrogens is 2. The molecule has 146 valence electrons. The van der Waals surface area contributed by atoms with Crippen LogP contribution in [-0.2, 0) is 24.2 Å². The molecule has 0 aliphatic heterocycles. The molecule has 4 rings (SSSR count). The number of hydrogen-bond acceptors (Lipinski definition) is 7. The van der Waals surface area contributed by atoms with Crippen molar-refractivity contribution >= 4 is 22.3 Å². The molecule has 1 aromatic carbocycles. The topological polar surface area (TPSA) is 79.1 Å². The van der Waals surface area contributed by atoms with Crippen LogP contribution in [0.2, 0.25) is 0 Å². The van der Waals surface area contributed by atoms with Gasteiger partial charge in [0.15, 0.2) is 16.5 Å². The first-order chi connectivity index (χ1) is 13.6. The van der Waals surface area contributed by atoms with Crippen molar-refractivity contribution in [2.45, 2.75) is 32.3 Å². The molecule has 1 aliphatic rings. The van der Waals surface area contributed by atoms with Gasteiger partial charge in [-0.25, -0.2) is 9.78 Å². The second kappa shape index (κ2) is 7.63. The Balaban J connectivity index is 1.54. The van der Waals surface area contributed by atoms with Crippen molar-refractivity contribution in [3.8, 4) is 11.5 Å². The minimum Gasteiger partial charge on any atom is -0.493 e. The van der Waals surface area contributed by atoms with E-state index in [1.165, 1.54) is 25.2 Å². The van der Waals surface area contributed by atoms with Crippen LogP contribution in [0.5, 0.6) is 11.5 Å². The van der Waals surface area contributed by atoms with E-state index in [9.17, 15) is 9.59 Å². The van der Waals surface area contributed by atoms with Crippen molar-refractivity contribution in [1.29, 1.82) is 0 Å². The molecule has 0 N–H and O–H groups in total. The fourth-order valence-corrected chi connectivity index (χ4v) is 4.63. The number of fused-ring (bicyclic) bond motifs is 3. The van der Waals surface area contributed by atoms with Crippen LogP contribution >= 0.6 is 11.3 Å². The molecule has 0 amide bonds. The van der Waals surface area contributed by atoms with Gasteiger partial charge in [0.2, 0.25) is 0 Å². The average molecular weight is 400 g/mol. The van der Waals surface area contributed by atoms with Gasteiger partial charge in [0.05, 0.1) is 25.5 Å². The second-order valence-electron chi connectivity index (χ2n) is 6.53. The van der Waals surface area contributed by atoms with Crippen LogP contribution in [0.4, 0.5) is 0 Å². The summed E-state index contributed by atoms with van der Waals surface area (Å²) in [5.74, 6) is 0.452. The Hall–Kier alpha value is -2.87. The normalized spacial score (nSPS) is 13.2. The Morgan fingerprint density at radius 1 is 1.14 bits per heavy atom. The van der Waals surface area contributed by atoms with Gasteiger partial charge in [-0.2, -0.15) is 0 Å². The maximum atomic E-state index is 12.6. The predicted octanol–water partition coefficient (Wildman–Crippen LogP) is 3.01. The van der Waals surface area contributed by atoms with Gasteiger partial charge in [-0.05, 0) is 43.9 Å². The lowest BCUT2D eigenvalue weighted by molar-refractivity contribution is 0.0467. The number of nitrogens with zero attached hydrogens (tertiary/aromatic N) is 2. The zero-order valence-corrected chi connectivity index (χ0v) is 16.5. The Kier molecular flexibility index (Phi) is 5.04. The minimum absolute atomic E-state index is 0.0680. The summed E-state index contributed by atoms with van der Waals surface area (Å²) in [5, 5.41) is 0. The summed E-state index contributed by atoms with van der Waals surface area (Å²) < 4.78 is 17.4.